The summed E-state index contributed by atoms with van der Waals surface area (Å²) in [5, 5.41) is 2.63. The molecule has 0 aliphatic heterocycles. The summed E-state index contributed by atoms with van der Waals surface area (Å²) >= 11 is 1.83. The molecule has 0 unspecified atom stereocenters. The zero-order valence-electron chi connectivity index (χ0n) is 30.3. The molecule has 5 aromatic rings. The highest BCUT2D eigenvalue weighted by Gasteiger charge is 2.37. The van der Waals surface area contributed by atoms with E-state index in [-0.39, 0.29) is 11.8 Å². The minimum absolute atomic E-state index is 0.0298. The number of thioether (sulfide) groups is 1. The van der Waals surface area contributed by atoms with E-state index < -0.39 is 4.75 Å². The van der Waals surface area contributed by atoms with Crippen LogP contribution in [0.5, 0.6) is 17.2 Å². The Morgan fingerprint density at radius 1 is 0.712 bits per heavy atom. The Balaban J connectivity index is 1.44. The van der Waals surface area contributed by atoms with Gasteiger partial charge in [-0.3, -0.25) is 9.59 Å². The minimum Gasteiger partial charge on any atom is -0.496 e. The third-order valence-electron chi connectivity index (χ3n) is 9.07. The van der Waals surface area contributed by atoms with Crippen LogP contribution < -0.4 is 19.5 Å². The van der Waals surface area contributed by atoms with Gasteiger partial charge in [-0.25, -0.2) is 0 Å². The van der Waals surface area contributed by atoms with Crippen LogP contribution in [0.3, 0.4) is 0 Å². The number of benzene rings is 5. The molecular formula is C44H48N2O5S. The number of methoxy groups -OCH3 is 2. The largest absolute Gasteiger partial charge is 0.496 e. The van der Waals surface area contributed by atoms with Gasteiger partial charge in [0.05, 0.1) is 37.7 Å². The number of amides is 2. The normalized spacial score (nSPS) is 11.1. The van der Waals surface area contributed by atoms with Crippen LogP contribution >= 0.6 is 11.8 Å². The summed E-state index contributed by atoms with van der Waals surface area (Å²) in [6, 6.07) is 45.5. The second kappa shape index (κ2) is 19.4. The second-order valence-corrected chi connectivity index (χ2v) is 13.7. The molecule has 0 heterocycles. The van der Waals surface area contributed by atoms with Gasteiger partial charge in [0, 0.05) is 44.3 Å². The monoisotopic (exact) mass is 716 g/mol. The highest BCUT2D eigenvalue weighted by Crippen LogP contribution is 2.48. The molecule has 52 heavy (non-hydrogen) atoms. The van der Waals surface area contributed by atoms with Crippen molar-refractivity contribution in [3.8, 4) is 17.2 Å². The molecule has 0 atom stereocenters. The smallest absolute Gasteiger partial charge is 0.223 e. The van der Waals surface area contributed by atoms with E-state index in [1.165, 1.54) is 16.7 Å². The molecule has 0 saturated carbocycles. The average molecular weight is 717 g/mol. The van der Waals surface area contributed by atoms with E-state index in [1.807, 2.05) is 65.2 Å². The Bertz CT molecular complexity index is 1720. The number of rotatable bonds is 19. The van der Waals surface area contributed by atoms with Crippen LogP contribution in [0.25, 0.3) is 0 Å². The molecule has 2 amide bonds. The molecule has 5 aromatic carbocycles. The molecule has 0 radical (unpaired) electrons. The predicted molar refractivity (Wildman–Crippen MR) is 210 cm³/mol. The fourth-order valence-corrected chi connectivity index (χ4v) is 7.89. The van der Waals surface area contributed by atoms with Crippen LogP contribution in [0.2, 0.25) is 0 Å². The third-order valence-corrected chi connectivity index (χ3v) is 10.6. The molecule has 0 aliphatic carbocycles. The summed E-state index contributed by atoms with van der Waals surface area (Å²) in [4.78, 5) is 27.8. The van der Waals surface area contributed by atoms with Crippen LogP contribution in [0, 0.1) is 0 Å². The van der Waals surface area contributed by atoms with Gasteiger partial charge in [0.2, 0.25) is 11.8 Å². The van der Waals surface area contributed by atoms with Gasteiger partial charge in [-0.15, -0.1) is 11.8 Å². The van der Waals surface area contributed by atoms with Crippen LogP contribution in [-0.2, 0) is 27.3 Å². The quantitative estimate of drug-likeness (QED) is 0.0685. The van der Waals surface area contributed by atoms with Gasteiger partial charge in [0.1, 0.15) is 17.2 Å². The Labute approximate surface area is 312 Å². The van der Waals surface area contributed by atoms with E-state index in [1.54, 1.807) is 21.3 Å². The number of carbonyl (C=O) groups excluding carboxylic acids is 2. The topological polar surface area (TPSA) is 77.1 Å². The summed E-state index contributed by atoms with van der Waals surface area (Å²) in [6.07, 6.45) is 1.96. The average Bonchev–Trinajstić information content (AvgIpc) is 3.21. The molecule has 0 aromatic heterocycles. The van der Waals surface area contributed by atoms with Crippen molar-refractivity contribution in [2.45, 2.75) is 37.0 Å². The number of nitrogens with zero attached hydrogens (tertiary/aromatic N) is 1. The van der Waals surface area contributed by atoms with E-state index in [2.05, 4.69) is 90.2 Å². The summed E-state index contributed by atoms with van der Waals surface area (Å²) < 4.78 is 17.2. The number of aryl methyl sites for hydroxylation is 1. The van der Waals surface area contributed by atoms with Crippen molar-refractivity contribution in [1.29, 1.82) is 0 Å². The number of hydrogen-bond acceptors (Lipinski definition) is 6. The van der Waals surface area contributed by atoms with Gasteiger partial charge < -0.3 is 24.4 Å². The van der Waals surface area contributed by atoms with E-state index in [0.29, 0.717) is 68.4 Å². The van der Waals surface area contributed by atoms with Crippen molar-refractivity contribution in [2.75, 3.05) is 40.2 Å². The molecule has 0 aliphatic rings. The second-order valence-electron chi connectivity index (χ2n) is 12.4. The highest BCUT2D eigenvalue weighted by atomic mass is 32.2. The number of nitrogens with one attached hydrogen (secondary N) is 1. The van der Waals surface area contributed by atoms with Gasteiger partial charge in [0.25, 0.3) is 0 Å². The molecule has 0 spiro atoms. The van der Waals surface area contributed by atoms with Crippen molar-refractivity contribution in [3.63, 3.8) is 0 Å². The van der Waals surface area contributed by atoms with Crippen molar-refractivity contribution in [2.24, 2.45) is 0 Å². The summed E-state index contributed by atoms with van der Waals surface area (Å²) in [5.74, 6) is 2.39. The van der Waals surface area contributed by atoms with Crippen molar-refractivity contribution < 1.29 is 23.8 Å². The maximum atomic E-state index is 14.2. The molecule has 8 heteroatoms. The fourth-order valence-electron chi connectivity index (χ4n) is 6.36. The molecule has 7 nitrogen and oxygen atoms in total. The van der Waals surface area contributed by atoms with Crippen molar-refractivity contribution in [1.82, 2.24) is 10.2 Å². The van der Waals surface area contributed by atoms with Gasteiger partial charge in [0.15, 0.2) is 0 Å². The lowest BCUT2D eigenvalue weighted by atomic mass is 9.84. The molecule has 0 saturated heterocycles. The summed E-state index contributed by atoms with van der Waals surface area (Å²) in [6.45, 7) is 1.16. The number of carbonyl (C=O) groups is 2. The lowest BCUT2D eigenvalue weighted by Gasteiger charge is -2.36. The Kier molecular flexibility index (Phi) is 14.2. The van der Waals surface area contributed by atoms with Crippen molar-refractivity contribution in [3.05, 3.63) is 161 Å². The highest BCUT2D eigenvalue weighted by molar-refractivity contribution is 8.00. The van der Waals surface area contributed by atoms with E-state index in [4.69, 9.17) is 14.2 Å². The maximum Gasteiger partial charge on any atom is 0.223 e. The lowest BCUT2D eigenvalue weighted by molar-refractivity contribution is -0.131. The van der Waals surface area contributed by atoms with E-state index in [9.17, 15) is 9.59 Å². The minimum atomic E-state index is -0.505. The maximum absolute atomic E-state index is 14.2. The molecular weight excluding hydrogens is 669 g/mol. The summed E-state index contributed by atoms with van der Waals surface area (Å²) in [5.41, 5.74) is 5.41. The first-order valence-corrected chi connectivity index (χ1v) is 18.7. The van der Waals surface area contributed by atoms with Crippen molar-refractivity contribution >= 4 is 23.6 Å². The first-order valence-electron chi connectivity index (χ1n) is 17.7. The Morgan fingerprint density at radius 3 is 1.69 bits per heavy atom. The first kappa shape index (κ1) is 38.0. The van der Waals surface area contributed by atoms with Crippen LogP contribution in [0.1, 0.15) is 47.1 Å². The third kappa shape index (κ3) is 9.76. The molecule has 0 bridgehead atoms. The SMILES string of the molecule is CNC(=O)CCCOc1cc(OC)c(CN(CCSC(c2ccccc2)(c2ccccc2)c2ccccc2)C(=O)CCc2ccccc2)c(OC)c1. The molecule has 1 N–H and O–H groups in total. The fraction of sp³-hybridized carbons (Fsp3) is 0.273. The standard InChI is InChI=1S/C44H48N2O5S/c1-45-42(47)25-16-29-51-38-31-40(49-2)39(41(32-38)50-3)33-46(43(48)27-26-34-17-8-4-9-18-34)28-30-52-44(35-19-10-5-11-20-35,36-21-12-6-13-22-36)37-23-14-7-15-24-37/h4-15,17-24,31-32H,16,25-30,33H2,1-3H3,(H,45,47). The zero-order valence-corrected chi connectivity index (χ0v) is 31.1. The number of hydrogen-bond donors (Lipinski definition) is 1. The molecule has 0 fully saturated rings. The first-order chi connectivity index (χ1) is 25.5. The van der Waals surface area contributed by atoms with Gasteiger partial charge in [-0.05, 0) is 35.1 Å². The summed E-state index contributed by atoms with van der Waals surface area (Å²) in [7, 11) is 4.84. The van der Waals surface area contributed by atoms with Gasteiger partial charge in [-0.1, -0.05) is 121 Å². The van der Waals surface area contributed by atoms with E-state index in [0.717, 1.165) is 11.1 Å². The lowest BCUT2D eigenvalue weighted by Crippen LogP contribution is -2.34. The molecule has 5 rings (SSSR count). The zero-order chi connectivity index (χ0) is 36.6. The van der Waals surface area contributed by atoms with Crippen LogP contribution in [-0.4, -0.2) is 56.9 Å². The van der Waals surface area contributed by atoms with Gasteiger partial charge >= 0.3 is 0 Å². The Hall–Kier alpha value is -5.21. The van der Waals surface area contributed by atoms with Crippen LogP contribution in [0.15, 0.2) is 133 Å². The van der Waals surface area contributed by atoms with Crippen LogP contribution in [0.4, 0.5) is 0 Å². The molecule has 270 valence electrons. The Morgan fingerprint density at radius 2 is 1.21 bits per heavy atom. The van der Waals surface area contributed by atoms with E-state index >= 15 is 0 Å². The predicted octanol–water partition coefficient (Wildman–Crippen LogP) is 8.30. The van der Waals surface area contributed by atoms with Gasteiger partial charge in [-0.2, -0.15) is 0 Å². The number of ether oxygens (including phenoxy) is 3.